The van der Waals surface area contributed by atoms with Gasteiger partial charge in [-0.15, -0.1) is 0 Å². The third-order valence-corrected chi connectivity index (χ3v) is 7.47. The fraction of sp³-hybridized carbons (Fsp3) is 0. The van der Waals surface area contributed by atoms with E-state index in [0.29, 0.717) is 0 Å². The van der Waals surface area contributed by atoms with Crippen molar-refractivity contribution in [3.05, 3.63) is 140 Å². The summed E-state index contributed by atoms with van der Waals surface area (Å²) in [7, 11) is 0. The molecule has 8 rings (SSSR count). The first-order chi connectivity index (χ1) is 20.3. The number of benzene rings is 3. The molecule has 192 valence electrons. The second-order valence-corrected chi connectivity index (χ2v) is 10.00. The van der Waals surface area contributed by atoms with Gasteiger partial charge in [0.25, 0.3) is 0 Å². The van der Waals surface area contributed by atoms with Crippen LogP contribution >= 0.6 is 0 Å². The van der Waals surface area contributed by atoms with E-state index in [4.69, 9.17) is 15.0 Å². The summed E-state index contributed by atoms with van der Waals surface area (Å²) in [5, 5.41) is 1.06. The van der Waals surface area contributed by atoms with Crippen molar-refractivity contribution in [2.24, 2.45) is 0 Å². The van der Waals surface area contributed by atoms with Gasteiger partial charge in [-0.05, 0) is 59.7 Å². The first kappa shape index (κ1) is 23.2. The maximum Gasteiger partial charge on any atom is 0.137 e. The maximum atomic E-state index is 5.14. The molecule has 3 aromatic carbocycles. The number of aromatic nitrogens is 5. The molecule has 0 radical (unpaired) electrons. The largest absolute Gasteiger partial charge is 0.298 e. The Morgan fingerprint density at radius 1 is 0.488 bits per heavy atom. The van der Waals surface area contributed by atoms with Crippen molar-refractivity contribution in [2.75, 3.05) is 0 Å². The van der Waals surface area contributed by atoms with E-state index in [9.17, 15) is 0 Å². The number of nitrogens with zero attached hydrogens (tertiary/aromatic N) is 5. The molecular weight excluding hydrogens is 502 g/mol. The fourth-order valence-corrected chi connectivity index (χ4v) is 5.49. The van der Waals surface area contributed by atoms with Crippen LogP contribution in [-0.4, -0.2) is 24.3 Å². The van der Waals surface area contributed by atoms with E-state index in [0.717, 1.165) is 72.6 Å². The molecule has 5 nitrogen and oxygen atoms in total. The van der Waals surface area contributed by atoms with Gasteiger partial charge in [0.2, 0.25) is 0 Å². The molecule has 0 saturated carbocycles. The van der Waals surface area contributed by atoms with E-state index >= 15 is 0 Å². The molecule has 0 N–H and O–H groups in total. The lowest BCUT2D eigenvalue weighted by atomic mass is 9.99. The Hall–Kier alpha value is -5.68. The van der Waals surface area contributed by atoms with Crippen molar-refractivity contribution in [1.82, 2.24) is 24.3 Å². The first-order valence-electron chi connectivity index (χ1n) is 13.6. The minimum Gasteiger partial charge on any atom is -0.298 e. The van der Waals surface area contributed by atoms with Gasteiger partial charge >= 0.3 is 0 Å². The smallest absolute Gasteiger partial charge is 0.137 e. The van der Waals surface area contributed by atoms with Gasteiger partial charge in [-0.25, -0.2) is 15.0 Å². The number of hydrogen-bond donors (Lipinski definition) is 0. The SMILES string of the molecule is c1ccc(-c2cccc(-c3ccc(-c4cccc(-c5nc6ccccc6c6nc7ccccn7c56)c4)cc3)n2)nc1. The third-order valence-electron chi connectivity index (χ3n) is 7.47. The summed E-state index contributed by atoms with van der Waals surface area (Å²) in [4.78, 5) is 19.4. The summed E-state index contributed by atoms with van der Waals surface area (Å²) in [6.07, 6.45) is 3.85. The molecule has 5 heterocycles. The topological polar surface area (TPSA) is 56.0 Å². The van der Waals surface area contributed by atoms with Crippen LogP contribution in [0.15, 0.2) is 140 Å². The molecule has 0 fully saturated rings. The van der Waals surface area contributed by atoms with Gasteiger partial charge in [-0.2, -0.15) is 0 Å². The second-order valence-electron chi connectivity index (χ2n) is 10.00. The average molecular weight is 526 g/mol. The molecule has 0 aliphatic rings. The van der Waals surface area contributed by atoms with E-state index in [-0.39, 0.29) is 0 Å². The Kier molecular flexibility index (Phi) is 5.38. The Bertz CT molecular complexity index is 2200. The average Bonchev–Trinajstić information content (AvgIpc) is 3.45. The van der Waals surface area contributed by atoms with Crippen molar-refractivity contribution < 1.29 is 0 Å². The molecule has 8 aromatic rings. The first-order valence-corrected chi connectivity index (χ1v) is 13.6. The van der Waals surface area contributed by atoms with Crippen LogP contribution in [0.4, 0.5) is 0 Å². The summed E-state index contributed by atoms with van der Waals surface area (Å²) < 4.78 is 2.14. The number of fused-ring (bicyclic) bond motifs is 5. The maximum absolute atomic E-state index is 5.14. The summed E-state index contributed by atoms with van der Waals surface area (Å²) >= 11 is 0. The molecule has 0 unspecified atom stereocenters. The van der Waals surface area contributed by atoms with Crippen LogP contribution in [0.25, 0.3) is 72.6 Å². The highest BCUT2D eigenvalue weighted by Crippen LogP contribution is 2.35. The lowest BCUT2D eigenvalue weighted by Crippen LogP contribution is -1.92. The molecule has 0 atom stereocenters. The number of pyridine rings is 4. The van der Waals surface area contributed by atoms with Gasteiger partial charge in [0, 0.05) is 28.9 Å². The predicted octanol–water partition coefficient (Wildman–Crippen LogP) is 8.49. The fourth-order valence-electron chi connectivity index (χ4n) is 5.49. The Labute approximate surface area is 236 Å². The van der Waals surface area contributed by atoms with Crippen molar-refractivity contribution in [3.8, 4) is 45.0 Å². The van der Waals surface area contributed by atoms with Crippen LogP contribution in [0.3, 0.4) is 0 Å². The zero-order valence-corrected chi connectivity index (χ0v) is 22.0. The van der Waals surface area contributed by atoms with Crippen LogP contribution in [0.2, 0.25) is 0 Å². The molecule has 0 spiro atoms. The van der Waals surface area contributed by atoms with Crippen molar-refractivity contribution in [3.63, 3.8) is 0 Å². The van der Waals surface area contributed by atoms with Gasteiger partial charge in [-0.1, -0.05) is 78.9 Å². The van der Waals surface area contributed by atoms with Crippen LogP contribution in [0, 0.1) is 0 Å². The van der Waals surface area contributed by atoms with Crippen molar-refractivity contribution >= 4 is 27.6 Å². The van der Waals surface area contributed by atoms with E-state index in [1.807, 2.05) is 66.7 Å². The van der Waals surface area contributed by atoms with Crippen molar-refractivity contribution in [2.45, 2.75) is 0 Å². The molecule has 41 heavy (non-hydrogen) atoms. The molecule has 5 heteroatoms. The summed E-state index contributed by atoms with van der Waals surface area (Å²) in [6, 6.07) is 43.4. The van der Waals surface area contributed by atoms with Crippen LogP contribution in [-0.2, 0) is 0 Å². The van der Waals surface area contributed by atoms with E-state index in [1.54, 1.807) is 6.20 Å². The van der Waals surface area contributed by atoms with E-state index < -0.39 is 0 Å². The Morgan fingerprint density at radius 3 is 2.15 bits per heavy atom. The predicted molar refractivity (Wildman–Crippen MR) is 165 cm³/mol. The molecule has 0 aliphatic carbocycles. The van der Waals surface area contributed by atoms with E-state index in [1.165, 1.54) is 0 Å². The number of hydrogen-bond acceptors (Lipinski definition) is 4. The lowest BCUT2D eigenvalue weighted by molar-refractivity contribution is 1.22. The highest BCUT2D eigenvalue weighted by molar-refractivity contribution is 6.09. The molecule has 5 aromatic heterocycles. The molecule has 0 aliphatic heterocycles. The van der Waals surface area contributed by atoms with Crippen LogP contribution < -0.4 is 0 Å². The minimum absolute atomic E-state index is 0.862. The second kappa shape index (κ2) is 9.50. The van der Waals surface area contributed by atoms with E-state index in [2.05, 4.69) is 76.2 Å². The highest BCUT2D eigenvalue weighted by atomic mass is 15.0. The standard InChI is InChI=1S/C36H23N5/c1-2-12-30-28(11-1)35-36(41-22-6-4-16-33(41)40-35)34(39-30)27-10-7-9-26(23-27)24-17-19-25(20-18-24)29-14-8-15-32(38-29)31-13-3-5-21-37-31/h1-23H. The zero-order chi connectivity index (χ0) is 27.2. The molecule has 0 amide bonds. The zero-order valence-electron chi connectivity index (χ0n) is 22.0. The van der Waals surface area contributed by atoms with Gasteiger partial charge in [-0.3, -0.25) is 9.38 Å². The minimum atomic E-state index is 0.862. The van der Waals surface area contributed by atoms with Crippen LogP contribution in [0.5, 0.6) is 0 Å². The third kappa shape index (κ3) is 4.03. The van der Waals surface area contributed by atoms with Gasteiger partial charge in [0.05, 0.1) is 33.8 Å². The lowest BCUT2D eigenvalue weighted by Gasteiger charge is -2.10. The Morgan fingerprint density at radius 2 is 1.24 bits per heavy atom. The summed E-state index contributed by atoms with van der Waals surface area (Å²) in [5.41, 5.74) is 11.8. The summed E-state index contributed by atoms with van der Waals surface area (Å²) in [6.45, 7) is 0. The quantitative estimate of drug-likeness (QED) is 0.231. The number of para-hydroxylation sites is 1. The Balaban J connectivity index is 1.21. The number of rotatable bonds is 4. The monoisotopic (exact) mass is 525 g/mol. The normalized spacial score (nSPS) is 11.4. The summed E-state index contributed by atoms with van der Waals surface area (Å²) in [5.74, 6) is 0. The molecular formula is C36H23N5. The van der Waals surface area contributed by atoms with Crippen LogP contribution in [0.1, 0.15) is 0 Å². The van der Waals surface area contributed by atoms with Gasteiger partial charge < -0.3 is 0 Å². The molecule has 0 bridgehead atoms. The van der Waals surface area contributed by atoms with Gasteiger partial charge in [0.1, 0.15) is 11.2 Å². The van der Waals surface area contributed by atoms with Gasteiger partial charge in [0.15, 0.2) is 0 Å². The van der Waals surface area contributed by atoms with Crippen molar-refractivity contribution in [1.29, 1.82) is 0 Å². The highest BCUT2D eigenvalue weighted by Gasteiger charge is 2.16. The number of imidazole rings is 1. The molecule has 0 saturated heterocycles.